The van der Waals surface area contributed by atoms with Gasteiger partial charge in [-0.05, 0) is 24.6 Å². The van der Waals surface area contributed by atoms with E-state index in [1.165, 1.54) is 22.5 Å². The van der Waals surface area contributed by atoms with Crippen molar-refractivity contribution in [3.05, 3.63) is 65.5 Å². The van der Waals surface area contributed by atoms with Crippen LogP contribution < -0.4 is 5.32 Å². The van der Waals surface area contributed by atoms with E-state index < -0.39 is 0 Å². The molecule has 4 rings (SSSR count). The van der Waals surface area contributed by atoms with Crippen molar-refractivity contribution in [1.82, 2.24) is 14.9 Å². The summed E-state index contributed by atoms with van der Waals surface area (Å²) in [5.74, 6) is 1.18. The van der Waals surface area contributed by atoms with E-state index in [9.17, 15) is 0 Å². The molecule has 1 atom stereocenters. The minimum atomic E-state index is 0.187. The molecule has 2 heterocycles. The normalized spacial score (nSPS) is 18.1. The average molecular weight is 263 g/mol. The molecule has 0 spiro atoms. The molecule has 0 amide bonds. The predicted octanol–water partition coefficient (Wildman–Crippen LogP) is 3.04. The van der Waals surface area contributed by atoms with Crippen molar-refractivity contribution in [3.63, 3.8) is 0 Å². The zero-order valence-electron chi connectivity index (χ0n) is 11.5. The highest BCUT2D eigenvalue weighted by molar-refractivity contribution is 5.76. The lowest BCUT2D eigenvalue weighted by atomic mass is 10.1. The predicted molar refractivity (Wildman–Crippen MR) is 80.8 cm³/mol. The number of rotatable bonds is 1. The Morgan fingerprint density at radius 2 is 1.90 bits per heavy atom. The summed E-state index contributed by atoms with van der Waals surface area (Å²) in [4.78, 5) is 4.77. The molecule has 2 aromatic carbocycles. The molecule has 0 bridgehead atoms. The van der Waals surface area contributed by atoms with Crippen LogP contribution in [0.1, 0.15) is 23.1 Å². The van der Waals surface area contributed by atoms with E-state index in [4.69, 9.17) is 4.98 Å². The van der Waals surface area contributed by atoms with Gasteiger partial charge in [-0.25, -0.2) is 4.98 Å². The highest BCUT2D eigenvalue weighted by atomic mass is 15.2. The fraction of sp³-hybridized carbons (Fsp3) is 0.235. The van der Waals surface area contributed by atoms with Crippen LogP contribution >= 0.6 is 0 Å². The molecule has 0 saturated carbocycles. The molecule has 3 heteroatoms. The Kier molecular flexibility index (Phi) is 2.60. The number of aromatic nitrogens is 2. The van der Waals surface area contributed by atoms with Crippen molar-refractivity contribution in [1.29, 1.82) is 0 Å². The van der Waals surface area contributed by atoms with Crippen LogP contribution in [0.5, 0.6) is 0 Å². The van der Waals surface area contributed by atoms with Gasteiger partial charge in [-0.1, -0.05) is 42.0 Å². The van der Waals surface area contributed by atoms with Crippen LogP contribution in [0.4, 0.5) is 0 Å². The monoisotopic (exact) mass is 263 g/mol. The third-order valence-corrected chi connectivity index (χ3v) is 4.01. The summed E-state index contributed by atoms with van der Waals surface area (Å²) in [5, 5.41) is 3.61. The number of hydrogen-bond acceptors (Lipinski definition) is 2. The van der Waals surface area contributed by atoms with Crippen molar-refractivity contribution in [3.8, 4) is 0 Å². The summed E-state index contributed by atoms with van der Waals surface area (Å²) in [5.41, 5.74) is 4.88. The number of aryl methyl sites for hydroxylation is 1. The first kappa shape index (κ1) is 11.7. The van der Waals surface area contributed by atoms with Gasteiger partial charge in [-0.2, -0.15) is 0 Å². The maximum Gasteiger partial charge on any atom is 0.112 e. The Bertz CT molecular complexity index is 756. The van der Waals surface area contributed by atoms with Gasteiger partial charge >= 0.3 is 0 Å². The van der Waals surface area contributed by atoms with E-state index in [-0.39, 0.29) is 6.17 Å². The van der Waals surface area contributed by atoms with Crippen LogP contribution in [-0.2, 0) is 6.42 Å². The molecular weight excluding hydrogens is 246 g/mol. The van der Waals surface area contributed by atoms with Gasteiger partial charge in [-0.3, -0.25) is 5.32 Å². The molecule has 100 valence electrons. The summed E-state index contributed by atoms with van der Waals surface area (Å²) >= 11 is 0. The van der Waals surface area contributed by atoms with Gasteiger partial charge in [0.25, 0.3) is 0 Å². The van der Waals surface area contributed by atoms with Crippen molar-refractivity contribution in [2.24, 2.45) is 0 Å². The van der Waals surface area contributed by atoms with Crippen LogP contribution in [0.15, 0.2) is 48.5 Å². The van der Waals surface area contributed by atoms with Gasteiger partial charge in [0, 0.05) is 13.0 Å². The van der Waals surface area contributed by atoms with Gasteiger partial charge < -0.3 is 4.57 Å². The van der Waals surface area contributed by atoms with E-state index in [0.717, 1.165) is 18.5 Å². The quantitative estimate of drug-likeness (QED) is 0.731. The summed E-state index contributed by atoms with van der Waals surface area (Å²) in [6.45, 7) is 3.10. The lowest BCUT2D eigenvalue weighted by Crippen LogP contribution is -2.35. The highest BCUT2D eigenvalue weighted by Gasteiger charge is 2.23. The van der Waals surface area contributed by atoms with E-state index in [1.54, 1.807) is 0 Å². The van der Waals surface area contributed by atoms with E-state index >= 15 is 0 Å². The second-order valence-corrected chi connectivity index (χ2v) is 5.40. The number of nitrogens with zero attached hydrogens (tertiary/aromatic N) is 2. The second kappa shape index (κ2) is 4.46. The molecule has 20 heavy (non-hydrogen) atoms. The number of para-hydroxylation sites is 2. The minimum Gasteiger partial charge on any atom is -0.307 e. The molecule has 1 aromatic heterocycles. The molecule has 3 aromatic rings. The molecule has 0 aliphatic carbocycles. The van der Waals surface area contributed by atoms with Gasteiger partial charge in [-0.15, -0.1) is 0 Å². The molecule has 0 saturated heterocycles. The molecule has 0 radical (unpaired) electrons. The Morgan fingerprint density at radius 1 is 1.10 bits per heavy atom. The van der Waals surface area contributed by atoms with Crippen LogP contribution in [0.25, 0.3) is 11.0 Å². The number of hydrogen-bond donors (Lipinski definition) is 1. The third-order valence-electron chi connectivity index (χ3n) is 4.01. The van der Waals surface area contributed by atoms with Gasteiger partial charge in [0.05, 0.1) is 11.0 Å². The fourth-order valence-electron chi connectivity index (χ4n) is 2.99. The van der Waals surface area contributed by atoms with Gasteiger partial charge in [0.15, 0.2) is 0 Å². The first-order valence-electron chi connectivity index (χ1n) is 7.09. The molecule has 1 aliphatic rings. The van der Waals surface area contributed by atoms with Gasteiger partial charge in [0.2, 0.25) is 0 Å². The second-order valence-electron chi connectivity index (χ2n) is 5.40. The first-order chi connectivity index (χ1) is 9.83. The average Bonchev–Trinajstić information content (AvgIpc) is 2.86. The maximum absolute atomic E-state index is 4.77. The minimum absolute atomic E-state index is 0.187. The summed E-state index contributed by atoms with van der Waals surface area (Å²) < 4.78 is 2.34. The number of imidazole rings is 1. The summed E-state index contributed by atoms with van der Waals surface area (Å²) in [6, 6.07) is 17.1. The Labute approximate surface area is 118 Å². The Hall–Kier alpha value is -2.13. The third kappa shape index (κ3) is 1.74. The first-order valence-corrected chi connectivity index (χ1v) is 7.09. The van der Waals surface area contributed by atoms with Crippen LogP contribution in [0.2, 0.25) is 0 Å². The SMILES string of the molecule is Cc1ccc([C@@H]2NCCc3nc4ccccc4n32)cc1. The van der Waals surface area contributed by atoms with E-state index in [1.807, 2.05) is 0 Å². The summed E-state index contributed by atoms with van der Waals surface area (Å²) in [6.07, 6.45) is 1.17. The lowest BCUT2D eigenvalue weighted by Gasteiger charge is -2.27. The number of benzene rings is 2. The number of fused-ring (bicyclic) bond motifs is 3. The highest BCUT2D eigenvalue weighted by Crippen LogP contribution is 2.27. The fourth-order valence-corrected chi connectivity index (χ4v) is 2.99. The molecule has 1 aliphatic heterocycles. The number of nitrogens with one attached hydrogen (secondary N) is 1. The molecule has 3 nitrogen and oxygen atoms in total. The van der Waals surface area contributed by atoms with E-state index in [0.29, 0.717) is 0 Å². The Balaban J connectivity index is 1.90. The van der Waals surface area contributed by atoms with Crippen molar-refractivity contribution in [2.45, 2.75) is 19.5 Å². The van der Waals surface area contributed by atoms with E-state index in [2.05, 4.69) is 65.3 Å². The smallest absolute Gasteiger partial charge is 0.112 e. The Morgan fingerprint density at radius 3 is 2.75 bits per heavy atom. The van der Waals surface area contributed by atoms with Crippen molar-refractivity contribution < 1.29 is 0 Å². The van der Waals surface area contributed by atoms with Gasteiger partial charge in [0.1, 0.15) is 12.0 Å². The standard InChI is InChI=1S/C17H17N3/c1-12-6-8-13(9-7-12)17-18-11-10-16-19-14-4-2-3-5-15(14)20(16)17/h2-9,17-18H,10-11H2,1H3/t17-/m1/s1. The molecule has 1 N–H and O–H groups in total. The summed E-state index contributed by atoms with van der Waals surface area (Å²) in [7, 11) is 0. The molecular formula is C17H17N3. The molecule has 0 unspecified atom stereocenters. The zero-order valence-corrected chi connectivity index (χ0v) is 11.5. The zero-order chi connectivity index (χ0) is 13.5. The van der Waals surface area contributed by atoms with Crippen LogP contribution in [0.3, 0.4) is 0 Å². The van der Waals surface area contributed by atoms with Crippen LogP contribution in [-0.4, -0.2) is 16.1 Å². The topological polar surface area (TPSA) is 29.9 Å². The van der Waals surface area contributed by atoms with Crippen molar-refractivity contribution >= 4 is 11.0 Å². The van der Waals surface area contributed by atoms with Crippen molar-refractivity contribution in [2.75, 3.05) is 6.54 Å². The molecule has 0 fully saturated rings. The van der Waals surface area contributed by atoms with Crippen LogP contribution in [0, 0.1) is 6.92 Å². The lowest BCUT2D eigenvalue weighted by molar-refractivity contribution is 0.422. The largest absolute Gasteiger partial charge is 0.307 e. The maximum atomic E-state index is 4.77.